The molecule has 41 heavy (non-hydrogen) atoms. The summed E-state index contributed by atoms with van der Waals surface area (Å²) in [5, 5.41) is 13.5. The van der Waals surface area contributed by atoms with Gasteiger partial charge in [-0.15, -0.1) is 11.3 Å². The molecule has 5 heterocycles. The minimum absolute atomic E-state index is 0.227. The fraction of sp³-hybridized carbons (Fsp3) is 0.241. The van der Waals surface area contributed by atoms with Crippen molar-refractivity contribution in [3.8, 4) is 22.5 Å². The molecule has 0 spiro atoms. The van der Waals surface area contributed by atoms with Crippen molar-refractivity contribution in [3.63, 3.8) is 0 Å². The second-order valence-corrected chi connectivity index (χ2v) is 13.3. The van der Waals surface area contributed by atoms with E-state index < -0.39 is 10.0 Å². The second-order valence-electron chi connectivity index (χ2n) is 10.4. The number of hydrogen-bond acceptors (Lipinski definition) is 8. The third-order valence-corrected chi connectivity index (χ3v) is 10.0. The molecule has 1 fully saturated rings. The summed E-state index contributed by atoms with van der Waals surface area (Å²) in [7, 11) is -3.17. The van der Waals surface area contributed by atoms with Gasteiger partial charge in [0.2, 0.25) is 10.0 Å². The Balaban J connectivity index is 1.22. The molecule has 1 aliphatic rings. The molecule has 208 valence electrons. The van der Waals surface area contributed by atoms with Crippen molar-refractivity contribution in [1.29, 1.82) is 0 Å². The molecule has 1 saturated heterocycles. The molecule has 4 aromatic heterocycles. The molecule has 10 nitrogen and oxygen atoms in total. The quantitative estimate of drug-likeness (QED) is 0.302. The Bertz CT molecular complexity index is 1990. The average Bonchev–Trinajstić information content (AvgIpc) is 3.70. The Morgan fingerprint density at radius 1 is 1.07 bits per heavy atom. The van der Waals surface area contributed by atoms with Crippen molar-refractivity contribution in [2.45, 2.75) is 25.3 Å². The van der Waals surface area contributed by atoms with Crippen LogP contribution in [-0.4, -0.2) is 61.4 Å². The van der Waals surface area contributed by atoms with Crippen LogP contribution in [0.15, 0.2) is 72.5 Å². The standard InChI is InChI=1S/C29H28N8O2S2/c1-41(38,39)36-11-9-20(10-12-36)29-33-25(17-40-29)26-14-23(27-28(30)31-18-32-37(26)27)21-7-8-22-16-35(34-24(22)13-21)15-19-5-3-2-4-6-19/h2-8,13-14,16-18,20H,9-12,15H2,1H3,(H2,30,31,32). The Hall–Kier alpha value is -4.13. The number of sulfonamides is 1. The summed E-state index contributed by atoms with van der Waals surface area (Å²) in [6.07, 6.45) is 6.30. The van der Waals surface area contributed by atoms with Gasteiger partial charge in [-0.25, -0.2) is 27.2 Å². The number of anilines is 1. The summed E-state index contributed by atoms with van der Waals surface area (Å²) in [5.41, 5.74) is 12.7. The molecule has 12 heteroatoms. The summed E-state index contributed by atoms with van der Waals surface area (Å²) in [6.45, 7) is 1.73. The van der Waals surface area contributed by atoms with E-state index in [0.29, 0.717) is 25.5 Å². The smallest absolute Gasteiger partial charge is 0.211 e. The fourth-order valence-electron chi connectivity index (χ4n) is 5.58. The number of rotatable bonds is 6. The van der Waals surface area contributed by atoms with E-state index in [9.17, 15) is 8.42 Å². The zero-order valence-corrected chi connectivity index (χ0v) is 24.0. The highest BCUT2D eigenvalue weighted by molar-refractivity contribution is 7.88. The van der Waals surface area contributed by atoms with Crippen molar-refractivity contribution < 1.29 is 8.42 Å². The highest BCUT2D eigenvalue weighted by Crippen LogP contribution is 2.38. The van der Waals surface area contributed by atoms with Gasteiger partial charge in [0.05, 0.1) is 34.7 Å². The fourth-order valence-corrected chi connectivity index (χ4v) is 7.44. The van der Waals surface area contributed by atoms with Crippen LogP contribution in [0.3, 0.4) is 0 Å². The first-order valence-corrected chi connectivity index (χ1v) is 16.1. The van der Waals surface area contributed by atoms with Crippen molar-refractivity contribution in [1.82, 2.24) is 33.7 Å². The Labute approximate surface area is 241 Å². The zero-order chi connectivity index (χ0) is 28.1. The first-order chi connectivity index (χ1) is 19.8. The van der Waals surface area contributed by atoms with Gasteiger partial charge in [0, 0.05) is 41.5 Å². The number of fused-ring (bicyclic) bond motifs is 2. The van der Waals surface area contributed by atoms with E-state index in [1.54, 1.807) is 20.2 Å². The average molecular weight is 585 g/mol. The molecule has 6 aromatic rings. The van der Waals surface area contributed by atoms with Gasteiger partial charge in [0.15, 0.2) is 5.82 Å². The first kappa shape index (κ1) is 25.8. The van der Waals surface area contributed by atoms with E-state index in [-0.39, 0.29) is 5.92 Å². The molecule has 2 aromatic carbocycles. The van der Waals surface area contributed by atoms with E-state index in [4.69, 9.17) is 15.8 Å². The summed E-state index contributed by atoms with van der Waals surface area (Å²) in [4.78, 5) is 9.26. The van der Waals surface area contributed by atoms with Crippen LogP contribution < -0.4 is 5.73 Å². The largest absolute Gasteiger partial charge is 0.382 e. The van der Waals surface area contributed by atoms with Crippen molar-refractivity contribution in [3.05, 3.63) is 83.1 Å². The normalized spacial score (nSPS) is 15.2. The summed E-state index contributed by atoms with van der Waals surface area (Å²) in [5.74, 6) is 0.616. The van der Waals surface area contributed by atoms with Crippen molar-refractivity contribution in [2.24, 2.45) is 0 Å². The highest BCUT2D eigenvalue weighted by atomic mass is 32.2. The van der Waals surface area contributed by atoms with Gasteiger partial charge in [-0.2, -0.15) is 10.2 Å². The van der Waals surface area contributed by atoms with E-state index >= 15 is 0 Å². The van der Waals surface area contributed by atoms with Crippen LogP contribution in [0.4, 0.5) is 5.82 Å². The van der Waals surface area contributed by atoms with Crippen molar-refractivity contribution in [2.75, 3.05) is 25.1 Å². The zero-order valence-electron chi connectivity index (χ0n) is 22.4. The summed E-state index contributed by atoms with van der Waals surface area (Å²) < 4.78 is 29.2. The van der Waals surface area contributed by atoms with Gasteiger partial charge in [-0.3, -0.25) is 4.68 Å². The van der Waals surface area contributed by atoms with Crippen LogP contribution in [0.5, 0.6) is 0 Å². The summed E-state index contributed by atoms with van der Waals surface area (Å²) >= 11 is 1.60. The first-order valence-electron chi connectivity index (χ1n) is 13.4. The number of nitrogen functional groups attached to an aromatic ring is 1. The minimum Gasteiger partial charge on any atom is -0.382 e. The Kier molecular flexibility index (Phi) is 6.33. The third-order valence-electron chi connectivity index (χ3n) is 7.69. The molecule has 0 bridgehead atoms. The third kappa shape index (κ3) is 4.88. The Morgan fingerprint density at radius 2 is 1.88 bits per heavy atom. The summed E-state index contributed by atoms with van der Waals surface area (Å²) in [6, 6.07) is 18.6. The molecular formula is C29H28N8O2S2. The van der Waals surface area contributed by atoms with E-state index in [0.717, 1.165) is 56.8 Å². The monoisotopic (exact) mass is 584 g/mol. The lowest BCUT2D eigenvalue weighted by Crippen LogP contribution is -2.37. The number of nitrogens with zero attached hydrogens (tertiary/aromatic N) is 7. The number of benzene rings is 2. The molecule has 0 unspecified atom stereocenters. The molecule has 0 radical (unpaired) electrons. The van der Waals surface area contributed by atoms with Crippen molar-refractivity contribution >= 4 is 43.6 Å². The maximum atomic E-state index is 11.9. The van der Waals surface area contributed by atoms with Gasteiger partial charge in [0.1, 0.15) is 11.8 Å². The van der Waals surface area contributed by atoms with Crippen LogP contribution in [0, 0.1) is 0 Å². The lowest BCUT2D eigenvalue weighted by Gasteiger charge is -2.29. The van der Waals surface area contributed by atoms with Crippen LogP contribution in [0.2, 0.25) is 0 Å². The maximum Gasteiger partial charge on any atom is 0.211 e. The van der Waals surface area contributed by atoms with E-state index in [1.807, 2.05) is 28.3 Å². The second kappa shape index (κ2) is 10.1. The SMILES string of the molecule is CS(=O)(=O)N1CCC(c2nc(-c3cc(-c4ccc5cn(Cc6ccccc6)nc5c4)c4c(N)ncnn34)cs2)CC1. The van der Waals surface area contributed by atoms with Gasteiger partial charge < -0.3 is 5.73 Å². The van der Waals surface area contributed by atoms with Gasteiger partial charge in [-0.1, -0.05) is 42.5 Å². The number of nitrogens with two attached hydrogens (primary N) is 1. The number of piperidine rings is 1. The molecule has 2 N–H and O–H groups in total. The topological polar surface area (TPSA) is 124 Å². The van der Waals surface area contributed by atoms with Crippen LogP contribution in [0.1, 0.15) is 29.3 Å². The predicted octanol–water partition coefficient (Wildman–Crippen LogP) is 4.64. The predicted molar refractivity (Wildman–Crippen MR) is 161 cm³/mol. The highest BCUT2D eigenvalue weighted by Gasteiger charge is 2.28. The molecule has 0 atom stereocenters. The van der Waals surface area contributed by atoms with Gasteiger partial charge >= 0.3 is 0 Å². The van der Waals surface area contributed by atoms with E-state index in [1.165, 1.54) is 18.1 Å². The molecule has 0 aliphatic carbocycles. The lowest BCUT2D eigenvalue weighted by molar-refractivity contribution is 0.321. The number of aromatic nitrogens is 6. The van der Waals surface area contributed by atoms with Crippen LogP contribution in [-0.2, 0) is 16.6 Å². The van der Waals surface area contributed by atoms with Gasteiger partial charge in [-0.05, 0) is 36.1 Å². The van der Waals surface area contributed by atoms with Crippen LogP contribution in [0.25, 0.3) is 38.9 Å². The number of hydrogen-bond donors (Lipinski definition) is 1. The lowest BCUT2D eigenvalue weighted by atomic mass is 9.99. The molecule has 0 amide bonds. The van der Waals surface area contributed by atoms with Gasteiger partial charge in [0.25, 0.3) is 0 Å². The molecule has 1 aliphatic heterocycles. The molecule has 0 saturated carbocycles. The van der Waals surface area contributed by atoms with Crippen LogP contribution >= 0.6 is 11.3 Å². The molecule has 7 rings (SSSR count). The maximum absolute atomic E-state index is 11.9. The number of thiazole rings is 1. The molecular weight excluding hydrogens is 557 g/mol. The Morgan fingerprint density at radius 3 is 2.66 bits per heavy atom. The van der Waals surface area contributed by atoms with E-state index in [2.05, 4.69) is 52.7 Å². The minimum atomic E-state index is -3.17.